The van der Waals surface area contributed by atoms with Crippen molar-refractivity contribution in [2.24, 2.45) is 0 Å². The molecule has 0 amide bonds. The van der Waals surface area contributed by atoms with Crippen LogP contribution >= 0.6 is 0 Å². The number of methoxy groups -OCH3 is 1. The van der Waals surface area contributed by atoms with E-state index in [1.54, 1.807) is 14.0 Å². The third-order valence-electron chi connectivity index (χ3n) is 4.09. The van der Waals surface area contributed by atoms with Gasteiger partial charge in [0, 0.05) is 38.3 Å². The van der Waals surface area contributed by atoms with Gasteiger partial charge >= 0.3 is 0 Å². The Hall–Kier alpha value is -1.10. The lowest BCUT2D eigenvalue weighted by atomic mass is 10.1. The minimum absolute atomic E-state index is 0.434. The molecule has 4 heteroatoms. The molecular weight excluding hydrogens is 252 g/mol. The standard InChI is InChI=1S/C16H26N2O2/c1-4-17-7-9-18(10-8-17)12-15-11-14(13(2)19)5-6-16(15)20-3/h5-6,11,13,19H,4,7-10,12H2,1-3H3. The number of likely N-dealkylation sites (N-methyl/N-ethyl adjacent to an activating group) is 1. The average molecular weight is 278 g/mol. The molecule has 0 saturated carbocycles. The molecule has 0 bridgehead atoms. The number of nitrogens with zero attached hydrogens (tertiary/aromatic N) is 2. The Morgan fingerprint density at radius 1 is 1.20 bits per heavy atom. The summed E-state index contributed by atoms with van der Waals surface area (Å²) >= 11 is 0. The Balaban J connectivity index is 2.06. The first-order chi connectivity index (χ1) is 9.63. The van der Waals surface area contributed by atoms with Crippen molar-refractivity contribution in [3.8, 4) is 5.75 Å². The Morgan fingerprint density at radius 3 is 2.40 bits per heavy atom. The molecule has 0 aliphatic carbocycles. The van der Waals surface area contributed by atoms with Gasteiger partial charge in [-0.25, -0.2) is 0 Å². The van der Waals surface area contributed by atoms with Crippen LogP contribution in [-0.2, 0) is 6.54 Å². The van der Waals surface area contributed by atoms with E-state index in [4.69, 9.17) is 4.74 Å². The van der Waals surface area contributed by atoms with Gasteiger partial charge in [-0.05, 0) is 31.2 Å². The predicted octanol–water partition coefficient (Wildman–Crippen LogP) is 1.89. The predicted molar refractivity (Wildman–Crippen MR) is 81.0 cm³/mol. The van der Waals surface area contributed by atoms with Crippen LogP contribution in [0.2, 0.25) is 0 Å². The molecule has 1 aromatic carbocycles. The summed E-state index contributed by atoms with van der Waals surface area (Å²) in [5.41, 5.74) is 2.11. The van der Waals surface area contributed by atoms with Crippen LogP contribution in [0.5, 0.6) is 5.75 Å². The fourth-order valence-electron chi connectivity index (χ4n) is 2.69. The molecule has 1 heterocycles. The van der Waals surface area contributed by atoms with Crippen LogP contribution in [0.4, 0.5) is 0 Å². The molecule has 20 heavy (non-hydrogen) atoms. The Morgan fingerprint density at radius 2 is 1.85 bits per heavy atom. The fraction of sp³-hybridized carbons (Fsp3) is 0.625. The zero-order valence-corrected chi connectivity index (χ0v) is 12.8. The van der Waals surface area contributed by atoms with Gasteiger partial charge in [0.25, 0.3) is 0 Å². The highest BCUT2D eigenvalue weighted by Crippen LogP contribution is 2.25. The zero-order valence-electron chi connectivity index (χ0n) is 12.8. The summed E-state index contributed by atoms with van der Waals surface area (Å²) in [4.78, 5) is 4.93. The Bertz CT molecular complexity index is 426. The second-order valence-electron chi connectivity index (χ2n) is 5.46. The van der Waals surface area contributed by atoms with Crippen molar-refractivity contribution in [1.29, 1.82) is 0 Å². The van der Waals surface area contributed by atoms with Crippen LogP contribution in [0.15, 0.2) is 18.2 Å². The number of aliphatic hydroxyl groups excluding tert-OH is 1. The quantitative estimate of drug-likeness (QED) is 0.892. The number of benzene rings is 1. The first kappa shape index (κ1) is 15.3. The minimum Gasteiger partial charge on any atom is -0.496 e. The lowest BCUT2D eigenvalue weighted by Gasteiger charge is -2.34. The van der Waals surface area contributed by atoms with Gasteiger partial charge in [-0.3, -0.25) is 4.90 Å². The molecule has 1 aliphatic heterocycles. The summed E-state index contributed by atoms with van der Waals surface area (Å²) in [5.74, 6) is 0.910. The second kappa shape index (κ2) is 7.07. The van der Waals surface area contributed by atoms with E-state index >= 15 is 0 Å². The fourth-order valence-corrected chi connectivity index (χ4v) is 2.69. The lowest BCUT2D eigenvalue weighted by molar-refractivity contribution is 0.131. The van der Waals surface area contributed by atoms with E-state index in [1.165, 1.54) is 0 Å². The molecule has 0 radical (unpaired) electrons. The van der Waals surface area contributed by atoms with Gasteiger partial charge in [0.2, 0.25) is 0 Å². The van der Waals surface area contributed by atoms with E-state index in [2.05, 4.69) is 22.8 Å². The third-order valence-corrected chi connectivity index (χ3v) is 4.09. The van der Waals surface area contributed by atoms with E-state index in [0.717, 1.165) is 56.1 Å². The maximum Gasteiger partial charge on any atom is 0.123 e. The van der Waals surface area contributed by atoms with Gasteiger partial charge < -0.3 is 14.7 Å². The van der Waals surface area contributed by atoms with Crippen LogP contribution in [0.3, 0.4) is 0 Å². The summed E-state index contributed by atoms with van der Waals surface area (Å²) in [6, 6.07) is 5.96. The highest BCUT2D eigenvalue weighted by molar-refractivity contribution is 5.38. The number of piperazine rings is 1. The van der Waals surface area contributed by atoms with Gasteiger partial charge in [-0.1, -0.05) is 13.0 Å². The van der Waals surface area contributed by atoms with Crippen molar-refractivity contribution in [2.75, 3.05) is 39.8 Å². The molecule has 1 aromatic rings. The number of rotatable bonds is 5. The first-order valence-corrected chi connectivity index (χ1v) is 7.43. The van der Waals surface area contributed by atoms with Crippen LogP contribution < -0.4 is 4.74 Å². The van der Waals surface area contributed by atoms with Crippen molar-refractivity contribution < 1.29 is 9.84 Å². The molecule has 112 valence electrons. The van der Waals surface area contributed by atoms with Gasteiger partial charge in [-0.2, -0.15) is 0 Å². The molecule has 1 aliphatic rings. The summed E-state index contributed by atoms with van der Waals surface area (Å²) in [5, 5.41) is 9.72. The normalized spacial score (nSPS) is 19.0. The number of aliphatic hydroxyl groups is 1. The molecule has 0 spiro atoms. The summed E-state index contributed by atoms with van der Waals surface area (Å²) in [6.45, 7) is 10.5. The number of ether oxygens (including phenoxy) is 1. The van der Waals surface area contributed by atoms with Gasteiger partial charge in [0.05, 0.1) is 13.2 Å². The average Bonchev–Trinajstić information content (AvgIpc) is 2.48. The lowest BCUT2D eigenvalue weighted by Crippen LogP contribution is -2.45. The van der Waals surface area contributed by atoms with Gasteiger partial charge in [-0.15, -0.1) is 0 Å². The van der Waals surface area contributed by atoms with Crippen LogP contribution in [0, 0.1) is 0 Å². The van der Waals surface area contributed by atoms with Crippen LogP contribution in [0.1, 0.15) is 31.1 Å². The SMILES string of the molecule is CCN1CCN(Cc2cc(C(C)O)ccc2OC)CC1. The number of hydrogen-bond acceptors (Lipinski definition) is 4. The van der Waals surface area contributed by atoms with Crippen molar-refractivity contribution >= 4 is 0 Å². The molecule has 2 rings (SSSR count). The smallest absolute Gasteiger partial charge is 0.123 e. The van der Waals surface area contributed by atoms with Gasteiger partial charge in [0.1, 0.15) is 5.75 Å². The van der Waals surface area contributed by atoms with Crippen molar-refractivity contribution in [2.45, 2.75) is 26.5 Å². The Kier molecular flexibility index (Phi) is 5.40. The van der Waals surface area contributed by atoms with E-state index in [0.29, 0.717) is 0 Å². The highest BCUT2D eigenvalue weighted by atomic mass is 16.5. The highest BCUT2D eigenvalue weighted by Gasteiger charge is 2.17. The Labute approximate surface area is 122 Å². The maximum absolute atomic E-state index is 9.72. The molecule has 1 fully saturated rings. The molecule has 0 aromatic heterocycles. The molecular formula is C16H26N2O2. The first-order valence-electron chi connectivity index (χ1n) is 7.43. The van der Waals surface area contributed by atoms with Gasteiger partial charge in [0.15, 0.2) is 0 Å². The monoisotopic (exact) mass is 278 g/mol. The maximum atomic E-state index is 9.72. The zero-order chi connectivity index (χ0) is 14.5. The summed E-state index contributed by atoms with van der Waals surface area (Å²) in [7, 11) is 1.70. The second-order valence-corrected chi connectivity index (χ2v) is 5.46. The van der Waals surface area contributed by atoms with Crippen molar-refractivity contribution in [3.05, 3.63) is 29.3 Å². The summed E-state index contributed by atoms with van der Waals surface area (Å²) < 4.78 is 5.45. The third kappa shape index (κ3) is 3.72. The molecule has 1 atom stereocenters. The van der Waals surface area contributed by atoms with E-state index < -0.39 is 6.10 Å². The van der Waals surface area contributed by atoms with Crippen LogP contribution in [0.25, 0.3) is 0 Å². The van der Waals surface area contributed by atoms with E-state index in [1.807, 2.05) is 12.1 Å². The number of hydrogen-bond donors (Lipinski definition) is 1. The molecule has 1 N–H and O–H groups in total. The van der Waals surface area contributed by atoms with E-state index in [-0.39, 0.29) is 0 Å². The largest absolute Gasteiger partial charge is 0.496 e. The molecule has 4 nitrogen and oxygen atoms in total. The van der Waals surface area contributed by atoms with Crippen LogP contribution in [-0.4, -0.2) is 54.7 Å². The van der Waals surface area contributed by atoms with E-state index in [9.17, 15) is 5.11 Å². The molecule has 1 saturated heterocycles. The molecule has 1 unspecified atom stereocenters. The summed E-state index contributed by atoms with van der Waals surface area (Å²) in [6.07, 6.45) is -0.434. The van der Waals surface area contributed by atoms with Crippen molar-refractivity contribution in [1.82, 2.24) is 9.80 Å². The minimum atomic E-state index is -0.434. The topological polar surface area (TPSA) is 35.9 Å². The van der Waals surface area contributed by atoms with Crippen molar-refractivity contribution in [3.63, 3.8) is 0 Å².